The monoisotopic (exact) mass is 323 g/mol. The average molecular weight is 323 g/mol. The van der Waals surface area contributed by atoms with Crippen LogP contribution in [0.4, 0.5) is 11.4 Å². The van der Waals surface area contributed by atoms with Crippen molar-refractivity contribution in [3.63, 3.8) is 0 Å². The highest BCUT2D eigenvalue weighted by Gasteiger charge is 2.40. The van der Waals surface area contributed by atoms with E-state index in [9.17, 15) is 10.1 Å². The van der Waals surface area contributed by atoms with Crippen molar-refractivity contribution in [2.24, 2.45) is 5.92 Å². The molecule has 1 N–H and O–H groups in total. The SMILES string of the molecule is COc1cc([N+](=O)[O-])cc2c1N[C@H](c1cccnc1)[C@H]1CC=C[C@H]21. The summed E-state index contributed by atoms with van der Waals surface area (Å²) >= 11 is 0. The van der Waals surface area contributed by atoms with Gasteiger partial charge in [0.2, 0.25) is 0 Å². The van der Waals surface area contributed by atoms with E-state index in [0.717, 1.165) is 23.2 Å². The fourth-order valence-electron chi connectivity index (χ4n) is 3.81. The first-order valence-electron chi connectivity index (χ1n) is 7.88. The summed E-state index contributed by atoms with van der Waals surface area (Å²) in [5.74, 6) is 0.959. The number of aromatic nitrogens is 1. The Morgan fingerprint density at radius 3 is 3.00 bits per heavy atom. The van der Waals surface area contributed by atoms with Crippen LogP contribution in [0.5, 0.6) is 5.75 Å². The van der Waals surface area contributed by atoms with Crippen LogP contribution in [-0.2, 0) is 0 Å². The number of nitrogens with one attached hydrogen (secondary N) is 1. The Kier molecular flexibility index (Phi) is 3.45. The topological polar surface area (TPSA) is 77.3 Å². The molecule has 1 aromatic carbocycles. The number of nitrogens with zero attached hydrogens (tertiary/aromatic N) is 2. The molecule has 1 aromatic heterocycles. The van der Waals surface area contributed by atoms with Gasteiger partial charge < -0.3 is 10.1 Å². The fourth-order valence-corrected chi connectivity index (χ4v) is 3.81. The fraction of sp³-hybridized carbons (Fsp3) is 0.278. The van der Waals surface area contributed by atoms with E-state index in [1.165, 1.54) is 13.2 Å². The van der Waals surface area contributed by atoms with Gasteiger partial charge in [0.15, 0.2) is 0 Å². The number of non-ortho nitro benzene ring substituents is 1. The first-order chi connectivity index (χ1) is 11.7. The van der Waals surface area contributed by atoms with Gasteiger partial charge in [-0.2, -0.15) is 0 Å². The Balaban J connectivity index is 1.86. The Morgan fingerprint density at radius 1 is 1.42 bits per heavy atom. The Morgan fingerprint density at radius 2 is 2.29 bits per heavy atom. The van der Waals surface area contributed by atoms with Crippen molar-refractivity contribution in [1.82, 2.24) is 4.98 Å². The van der Waals surface area contributed by atoms with E-state index in [4.69, 9.17) is 4.74 Å². The minimum Gasteiger partial charge on any atom is -0.494 e. The predicted molar refractivity (Wildman–Crippen MR) is 90.2 cm³/mol. The van der Waals surface area contributed by atoms with E-state index in [1.54, 1.807) is 12.3 Å². The second-order valence-electron chi connectivity index (χ2n) is 6.13. The van der Waals surface area contributed by atoms with Crippen molar-refractivity contribution in [2.75, 3.05) is 12.4 Å². The van der Waals surface area contributed by atoms with E-state index in [1.807, 2.05) is 12.3 Å². The van der Waals surface area contributed by atoms with Gasteiger partial charge in [0, 0.05) is 24.4 Å². The molecule has 122 valence electrons. The molecule has 6 heteroatoms. The van der Waals surface area contributed by atoms with Crippen LogP contribution in [0, 0.1) is 16.0 Å². The summed E-state index contributed by atoms with van der Waals surface area (Å²) in [6, 6.07) is 7.23. The van der Waals surface area contributed by atoms with E-state index >= 15 is 0 Å². The Hall–Kier alpha value is -2.89. The molecule has 0 amide bonds. The molecule has 0 fully saturated rings. The maximum Gasteiger partial charge on any atom is 0.273 e. The maximum absolute atomic E-state index is 11.2. The van der Waals surface area contributed by atoms with E-state index in [0.29, 0.717) is 11.7 Å². The minimum atomic E-state index is -0.371. The van der Waals surface area contributed by atoms with Gasteiger partial charge in [0.25, 0.3) is 5.69 Å². The third-order valence-corrected chi connectivity index (χ3v) is 4.89. The molecule has 2 aromatic rings. The van der Waals surface area contributed by atoms with Gasteiger partial charge in [0.1, 0.15) is 5.75 Å². The number of nitro groups is 1. The summed E-state index contributed by atoms with van der Waals surface area (Å²) in [4.78, 5) is 15.1. The van der Waals surface area contributed by atoms with Crippen molar-refractivity contribution in [2.45, 2.75) is 18.4 Å². The molecule has 3 atom stereocenters. The number of hydrogen-bond donors (Lipinski definition) is 1. The Bertz CT molecular complexity index is 820. The highest BCUT2D eigenvalue weighted by Crippen LogP contribution is 2.53. The largest absolute Gasteiger partial charge is 0.494 e. The van der Waals surface area contributed by atoms with Crippen LogP contribution >= 0.6 is 0 Å². The molecular formula is C18H17N3O3. The van der Waals surface area contributed by atoms with Crippen molar-refractivity contribution in [1.29, 1.82) is 0 Å². The summed E-state index contributed by atoms with van der Waals surface area (Å²) in [5, 5.41) is 14.8. The van der Waals surface area contributed by atoms with E-state index in [2.05, 4.69) is 28.5 Å². The zero-order valence-electron chi connectivity index (χ0n) is 13.2. The highest BCUT2D eigenvalue weighted by molar-refractivity contribution is 5.71. The molecule has 24 heavy (non-hydrogen) atoms. The van der Waals surface area contributed by atoms with Crippen molar-refractivity contribution in [3.05, 3.63) is 70.1 Å². The standard InChI is InChI=1S/C18H17N3O3/c1-24-16-9-12(21(22)23)8-15-13-5-2-6-14(13)17(20-18(15)16)11-4-3-7-19-10-11/h2-5,7-10,13-14,17,20H,6H2,1H3/t13-,14-,17+/m0/s1. The van der Waals surface area contributed by atoms with Gasteiger partial charge in [-0.25, -0.2) is 0 Å². The van der Waals surface area contributed by atoms with Crippen molar-refractivity contribution < 1.29 is 9.66 Å². The van der Waals surface area contributed by atoms with Crippen LogP contribution in [0.25, 0.3) is 0 Å². The number of fused-ring (bicyclic) bond motifs is 3. The number of pyridine rings is 1. The number of nitro benzene ring substituents is 1. The molecular weight excluding hydrogens is 306 g/mol. The van der Waals surface area contributed by atoms with Crippen LogP contribution in [0.1, 0.15) is 29.5 Å². The molecule has 0 radical (unpaired) electrons. The number of ether oxygens (including phenoxy) is 1. The van der Waals surface area contributed by atoms with Crippen LogP contribution < -0.4 is 10.1 Å². The number of benzene rings is 1. The molecule has 0 saturated carbocycles. The van der Waals surface area contributed by atoms with Crippen molar-refractivity contribution in [3.8, 4) is 5.75 Å². The summed E-state index contributed by atoms with van der Waals surface area (Å²) in [6.45, 7) is 0. The lowest BCUT2D eigenvalue weighted by Gasteiger charge is -2.37. The summed E-state index contributed by atoms with van der Waals surface area (Å²) in [5.41, 5.74) is 2.94. The number of allylic oxidation sites excluding steroid dienone is 2. The lowest BCUT2D eigenvalue weighted by molar-refractivity contribution is -0.385. The lowest BCUT2D eigenvalue weighted by Crippen LogP contribution is -2.29. The maximum atomic E-state index is 11.2. The Labute approximate surface area is 139 Å². The van der Waals surface area contributed by atoms with Gasteiger partial charge in [-0.05, 0) is 29.5 Å². The number of methoxy groups -OCH3 is 1. The molecule has 2 aliphatic rings. The van der Waals surface area contributed by atoms with Crippen LogP contribution in [0.3, 0.4) is 0 Å². The lowest BCUT2D eigenvalue weighted by atomic mass is 9.77. The third kappa shape index (κ3) is 2.22. The predicted octanol–water partition coefficient (Wildman–Crippen LogP) is 3.82. The van der Waals surface area contributed by atoms with E-state index < -0.39 is 0 Å². The van der Waals surface area contributed by atoms with Gasteiger partial charge >= 0.3 is 0 Å². The number of anilines is 1. The summed E-state index contributed by atoms with van der Waals surface area (Å²) in [7, 11) is 1.54. The zero-order chi connectivity index (χ0) is 16.7. The smallest absolute Gasteiger partial charge is 0.273 e. The van der Waals surface area contributed by atoms with Crippen LogP contribution in [0.15, 0.2) is 48.8 Å². The molecule has 2 heterocycles. The molecule has 0 saturated heterocycles. The van der Waals surface area contributed by atoms with Crippen LogP contribution in [-0.4, -0.2) is 17.0 Å². The van der Waals surface area contributed by atoms with Crippen LogP contribution in [0.2, 0.25) is 0 Å². The molecule has 1 aliphatic carbocycles. The van der Waals surface area contributed by atoms with Gasteiger partial charge in [-0.3, -0.25) is 15.1 Å². The number of hydrogen-bond acceptors (Lipinski definition) is 5. The van der Waals surface area contributed by atoms with Gasteiger partial charge in [-0.1, -0.05) is 18.2 Å². The molecule has 6 nitrogen and oxygen atoms in total. The molecule has 0 unspecified atom stereocenters. The first kappa shape index (κ1) is 14.7. The summed E-state index contributed by atoms with van der Waals surface area (Å²) in [6.07, 6.45) is 8.86. The molecule has 0 spiro atoms. The zero-order valence-corrected chi connectivity index (χ0v) is 13.2. The van der Waals surface area contributed by atoms with Gasteiger partial charge in [-0.15, -0.1) is 0 Å². The average Bonchev–Trinajstić information content (AvgIpc) is 3.10. The molecule has 0 bridgehead atoms. The highest BCUT2D eigenvalue weighted by atomic mass is 16.6. The first-order valence-corrected chi connectivity index (χ1v) is 7.88. The van der Waals surface area contributed by atoms with Gasteiger partial charge in [0.05, 0.1) is 29.8 Å². The van der Waals surface area contributed by atoms with Crippen molar-refractivity contribution >= 4 is 11.4 Å². The second-order valence-corrected chi connectivity index (χ2v) is 6.13. The second kappa shape index (κ2) is 5.63. The normalized spacial score (nSPS) is 24.0. The number of rotatable bonds is 3. The third-order valence-electron chi connectivity index (χ3n) is 4.89. The minimum absolute atomic E-state index is 0.0614. The quantitative estimate of drug-likeness (QED) is 0.528. The summed E-state index contributed by atoms with van der Waals surface area (Å²) < 4.78 is 5.43. The molecule has 1 aliphatic heterocycles. The molecule has 4 rings (SSSR count). The van der Waals surface area contributed by atoms with E-state index in [-0.39, 0.29) is 22.6 Å².